The molecule has 0 radical (unpaired) electrons. The first kappa shape index (κ1) is 15.6. The van der Waals surface area contributed by atoms with Gasteiger partial charge in [-0.1, -0.05) is 17.7 Å². The fraction of sp³-hybridized carbons (Fsp3) is 0.467. The Hall–Kier alpha value is -1.75. The lowest BCUT2D eigenvalue weighted by molar-refractivity contribution is 0.0860. The van der Waals surface area contributed by atoms with Crippen molar-refractivity contribution in [2.75, 3.05) is 19.7 Å². The van der Waals surface area contributed by atoms with Crippen molar-refractivity contribution in [3.63, 3.8) is 0 Å². The molecule has 1 saturated heterocycles. The number of nitrogens with zero attached hydrogens (tertiary/aromatic N) is 1. The molecule has 1 aromatic rings. The van der Waals surface area contributed by atoms with Crippen molar-refractivity contribution in [2.24, 2.45) is 0 Å². The Kier molecular flexibility index (Phi) is 5.44. The summed E-state index contributed by atoms with van der Waals surface area (Å²) >= 11 is 5.88. The minimum absolute atomic E-state index is 0.0714. The van der Waals surface area contributed by atoms with Gasteiger partial charge >= 0.3 is 6.09 Å². The van der Waals surface area contributed by atoms with Gasteiger partial charge in [-0.25, -0.2) is 4.79 Å². The van der Waals surface area contributed by atoms with Crippen molar-refractivity contribution in [3.8, 4) is 0 Å². The van der Waals surface area contributed by atoms with Crippen LogP contribution in [0.1, 0.15) is 30.1 Å². The van der Waals surface area contributed by atoms with Gasteiger partial charge in [0.1, 0.15) is 0 Å². The largest absolute Gasteiger partial charge is 0.450 e. The Balaban J connectivity index is 1.83. The SMILES string of the molecule is CCOC(=O)N1CCC(NC(=O)c2cccc(Cl)c2)CC1. The lowest BCUT2D eigenvalue weighted by atomic mass is 10.0. The maximum Gasteiger partial charge on any atom is 0.409 e. The van der Waals surface area contributed by atoms with Crippen LogP contribution >= 0.6 is 11.6 Å². The van der Waals surface area contributed by atoms with Gasteiger partial charge in [-0.3, -0.25) is 4.79 Å². The number of rotatable bonds is 3. The molecule has 1 aromatic carbocycles. The van der Waals surface area contributed by atoms with E-state index in [0.717, 1.165) is 12.8 Å². The first-order valence-electron chi connectivity index (χ1n) is 7.08. The number of hydrogen-bond donors (Lipinski definition) is 1. The summed E-state index contributed by atoms with van der Waals surface area (Å²) in [6, 6.07) is 6.93. The summed E-state index contributed by atoms with van der Waals surface area (Å²) in [5, 5.41) is 3.52. The minimum Gasteiger partial charge on any atom is -0.450 e. The third-order valence-electron chi connectivity index (χ3n) is 3.44. The molecule has 1 aliphatic heterocycles. The molecule has 2 rings (SSSR count). The second kappa shape index (κ2) is 7.31. The van der Waals surface area contributed by atoms with Crippen molar-refractivity contribution < 1.29 is 14.3 Å². The Bertz CT molecular complexity index is 513. The first-order valence-corrected chi connectivity index (χ1v) is 7.46. The molecular weight excluding hydrogens is 292 g/mol. The van der Waals surface area contributed by atoms with E-state index in [4.69, 9.17) is 16.3 Å². The number of amides is 2. The van der Waals surface area contributed by atoms with Crippen LogP contribution in [0.3, 0.4) is 0 Å². The zero-order chi connectivity index (χ0) is 15.2. The van der Waals surface area contributed by atoms with Crippen LogP contribution < -0.4 is 5.32 Å². The van der Waals surface area contributed by atoms with Crippen molar-refractivity contribution in [3.05, 3.63) is 34.9 Å². The van der Waals surface area contributed by atoms with Gasteiger partial charge in [0, 0.05) is 29.7 Å². The third kappa shape index (κ3) is 4.36. The molecule has 0 unspecified atom stereocenters. The highest BCUT2D eigenvalue weighted by atomic mass is 35.5. The summed E-state index contributed by atoms with van der Waals surface area (Å²) in [7, 11) is 0. The smallest absolute Gasteiger partial charge is 0.409 e. The molecular formula is C15H19ClN2O3. The quantitative estimate of drug-likeness (QED) is 0.934. The van der Waals surface area contributed by atoms with Crippen LogP contribution in [0.4, 0.5) is 4.79 Å². The van der Waals surface area contributed by atoms with Crippen LogP contribution in [-0.2, 0) is 4.74 Å². The highest BCUT2D eigenvalue weighted by Gasteiger charge is 2.24. The van der Waals surface area contributed by atoms with E-state index in [1.54, 1.807) is 36.1 Å². The fourth-order valence-electron chi connectivity index (χ4n) is 2.32. The van der Waals surface area contributed by atoms with Crippen molar-refractivity contribution in [1.82, 2.24) is 10.2 Å². The lowest BCUT2D eigenvalue weighted by Crippen LogP contribution is -2.46. The lowest BCUT2D eigenvalue weighted by Gasteiger charge is -2.31. The zero-order valence-corrected chi connectivity index (χ0v) is 12.7. The van der Waals surface area contributed by atoms with Crippen molar-refractivity contribution >= 4 is 23.6 Å². The molecule has 0 aliphatic carbocycles. The van der Waals surface area contributed by atoms with Crippen LogP contribution in [0.5, 0.6) is 0 Å². The topological polar surface area (TPSA) is 58.6 Å². The molecule has 0 aromatic heterocycles. The average Bonchev–Trinajstić information content (AvgIpc) is 2.48. The van der Waals surface area contributed by atoms with Gasteiger partial charge in [0.25, 0.3) is 5.91 Å². The second-order valence-electron chi connectivity index (χ2n) is 4.94. The molecule has 0 spiro atoms. The summed E-state index contributed by atoms with van der Waals surface area (Å²) in [4.78, 5) is 25.4. The van der Waals surface area contributed by atoms with Crippen molar-refractivity contribution in [1.29, 1.82) is 0 Å². The van der Waals surface area contributed by atoms with E-state index in [1.165, 1.54) is 0 Å². The predicted octanol–water partition coefficient (Wildman–Crippen LogP) is 2.69. The number of carbonyl (C=O) groups is 2. The van der Waals surface area contributed by atoms with Gasteiger partial charge in [0.2, 0.25) is 0 Å². The molecule has 114 valence electrons. The molecule has 1 aliphatic rings. The monoisotopic (exact) mass is 310 g/mol. The van der Waals surface area contributed by atoms with Gasteiger partial charge in [-0.2, -0.15) is 0 Å². The van der Waals surface area contributed by atoms with Crippen LogP contribution in [0.25, 0.3) is 0 Å². The Morgan fingerprint density at radius 3 is 2.71 bits per heavy atom. The Labute approximate surface area is 129 Å². The van der Waals surface area contributed by atoms with Crippen LogP contribution in [0.2, 0.25) is 5.02 Å². The summed E-state index contributed by atoms with van der Waals surface area (Å²) in [5.74, 6) is -0.132. The molecule has 6 heteroatoms. The average molecular weight is 311 g/mol. The van der Waals surface area contributed by atoms with Gasteiger partial charge in [-0.05, 0) is 38.0 Å². The number of piperidine rings is 1. The minimum atomic E-state index is -0.280. The molecule has 0 bridgehead atoms. The van der Waals surface area contributed by atoms with Gasteiger partial charge in [-0.15, -0.1) is 0 Å². The van der Waals surface area contributed by atoms with E-state index in [2.05, 4.69) is 5.32 Å². The van der Waals surface area contributed by atoms with E-state index in [0.29, 0.717) is 30.3 Å². The van der Waals surface area contributed by atoms with Crippen LogP contribution in [-0.4, -0.2) is 42.6 Å². The molecule has 2 amide bonds. The molecule has 1 heterocycles. The number of nitrogens with one attached hydrogen (secondary N) is 1. The van der Waals surface area contributed by atoms with Crippen molar-refractivity contribution in [2.45, 2.75) is 25.8 Å². The summed E-state index contributed by atoms with van der Waals surface area (Å²) < 4.78 is 4.97. The number of halogens is 1. The summed E-state index contributed by atoms with van der Waals surface area (Å²) in [5.41, 5.74) is 0.551. The highest BCUT2D eigenvalue weighted by molar-refractivity contribution is 6.30. The first-order chi connectivity index (χ1) is 10.1. The van der Waals surface area contributed by atoms with E-state index < -0.39 is 0 Å². The van der Waals surface area contributed by atoms with E-state index in [1.807, 2.05) is 0 Å². The van der Waals surface area contributed by atoms with E-state index >= 15 is 0 Å². The predicted molar refractivity (Wildman–Crippen MR) is 80.5 cm³/mol. The third-order valence-corrected chi connectivity index (χ3v) is 3.68. The number of hydrogen-bond acceptors (Lipinski definition) is 3. The normalized spacial score (nSPS) is 15.6. The summed E-state index contributed by atoms with van der Waals surface area (Å²) in [6.07, 6.45) is 1.17. The number of likely N-dealkylation sites (tertiary alicyclic amines) is 1. The number of carbonyl (C=O) groups excluding carboxylic acids is 2. The zero-order valence-electron chi connectivity index (χ0n) is 12.0. The fourth-order valence-corrected chi connectivity index (χ4v) is 2.51. The van der Waals surface area contributed by atoms with Crippen LogP contribution in [0.15, 0.2) is 24.3 Å². The standard InChI is InChI=1S/C15H19ClN2O3/c1-2-21-15(20)18-8-6-13(7-9-18)17-14(19)11-4-3-5-12(16)10-11/h3-5,10,13H,2,6-9H2,1H3,(H,17,19). The van der Waals surface area contributed by atoms with Gasteiger partial charge in [0.15, 0.2) is 0 Å². The van der Waals surface area contributed by atoms with Crippen LogP contribution in [0, 0.1) is 0 Å². The van der Waals surface area contributed by atoms with Gasteiger partial charge < -0.3 is 15.0 Å². The number of ether oxygens (including phenoxy) is 1. The highest BCUT2D eigenvalue weighted by Crippen LogP contribution is 2.14. The Morgan fingerprint density at radius 2 is 2.10 bits per heavy atom. The molecule has 5 nitrogen and oxygen atoms in total. The molecule has 0 atom stereocenters. The second-order valence-corrected chi connectivity index (χ2v) is 5.38. The Morgan fingerprint density at radius 1 is 1.38 bits per heavy atom. The maximum absolute atomic E-state index is 12.1. The molecule has 21 heavy (non-hydrogen) atoms. The number of benzene rings is 1. The molecule has 0 saturated carbocycles. The maximum atomic E-state index is 12.1. The molecule has 1 fully saturated rings. The summed E-state index contributed by atoms with van der Waals surface area (Å²) in [6.45, 7) is 3.36. The molecule has 1 N–H and O–H groups in total. The van der Waals surface area contributed by atoms with E-state index in [9.17, 15) is 9.59 Å². The van der Waals surface area contributed by atoms with Gasteiger partial charge in [0.05, 0.1) is 6.61 Å². The van der Waals surface area contributed by atoms with E-state index in [-0.39, 0.29) is 18.0 Å².